The lowest BCUT2D eigenvalue weighted by atomic mass is 10.1. The van der Waals surface area contributed by atoms with E-state index in [4.69, 9.17) is 15.6 Å². The molecule has 0 aliphatic rings. The monoisotopic (exact) mass is 268 g/mol. The molecule has 1 atom stereocenters. The van der Waals surface area contributed by atoms with Crippen molar-refractivity contribution in [1.82, 2.24) is 0 Å². The standard InChI is InChI=1S/C17H16O3/c1-4-10-19-17(14-8-6-5-7-9-14)16-11-15(12(2)18)13(3)20-16/h1,5-9,11,17H,10H2,2-3H3. The molecule has 1 heterocycles. The van der Waals surface area contributed by atoms with E-state index >= 15 is 0 Å². The van der Waals surface area contributed by atoms with Crippen LogP contribution in [0.4, 0.5) is 0 Å². The molecule has 0 saturated carbocycles. The van der Waals surface area contributed by atoms with Crippen LogP contribution < -0.4 is 0 Å². The second kappa shape index (κ2) is 6.23. The van der Waals surface area contributed by atoms with Crippen LogP contribution >= 0.6 is 0 Å². The number of ether oxygens (including phenoxy) is 1. The second-order valence-electron chi connectivity index (χ2n) is 4.48. The number of hydrogen-bond acceptors (Lipinski definition) is 3. The van der Waals surface area contributed by atoms with Crippen LogP contribution in [0.2, 0.25) is 0 Å². The summed E-state index contributed by atoms with van der Waals surface area (Å²) >= 11 is 0. The lowest BCUT2D eigenvalue weighted by Crippen LogP contribution is -2.05. The summed E-state index contributed by atoms with van der Waals surface area (Å²) in [6, 6.07) is 11.4. The van der Waals surface area contributed by atoms with Crippen LogP contribution in [0, 0.1) is 19.3 Å². The Bertz CT molecular complexity index is 632. The van der Waals surface area contributed by atoms with Gasteiger partial charge < -0.3 is 9.15 Å². The van der Waals surface area contributed by atoms with Crippen LogP contribution in [-0.4, -0.2) is 12.4 Å². The first kappa shape index (κ1) is 14.1. The van der Waals surface area contributed by atoms with Gasteiger partial charge in [-0.25, -0.2) is 0 Å². The minimum absolute atomic E-state index is 0.0266. The number of carbonyl (C=O) groups is 1. The van der Waals surface area contributed by atoms with Gasteiger partial charge in [-0.2, -0.15) is 0 Å². The number of benzene rings is 1. The highest BCUT2D eigenvalue weighted by atomic mass is 16.5. The van der Waals surface area contributed by atoms with E-state index in [9.17, 15) is 4.79 Å². The predicted molar refractivity (Wildman–Crippen MR) is 76.5 cm³/mol. The molecular formula is C17H16O3. The van der Waals surface area contributed by atoms with Crippen LogP contribution in [0.3, 0.4) is 0 Å². The number of rotatable bonds is 5. The van der Waals surface area contributed by atoms with Gasteiger partial charge in [0, 0.05) is 0 Å². The highest BCUT2D eigenvalue weighted by molar-refractivity contribution is 5.95. The van der Waals surface area contributed by atoms with Gasteiger partial charge >= 0.3 is 0 Å². The maximum absolute atomic E-state index is 11.5. The third kappa shape index (κ3) is 2.98. The Hall–Kier alpha value is -2.31. The molecule has 0 saturated heterocycles. The van der Waals surface area contributed by atoms with Gasteiger partial charge in [-0.05, 0) is 25.5 Å². The number of aryl methyl sites for hydroxylation is 1. The van der Waals surface area contributed by atoms with Crippen LogP contribution in [0.15, 0.2) is 40.8 Å². The molecule has 1 unspecified atom stereocenters. The molecule has 0 spiro atoms. The molecule has 3 nitrogen and oxygen atoms in total. The molecule has 0 N–H and O–H groups in total. The molecule has 0 amide bonds. The first-order chi connectivity index (χ1) is 9.63. The zero-order chi connectivity index (χ0) is 14.5. The SMILES string of the molecule is C#CCOC(c1ccccc1)c1cc(C(C)=O)c(C)o1. The summed E-state index contributed by atoms with van der Waals surface area (Å²) in [5.41, 5.74) is 1.51. The van der Waals surface area contributed by atoms with E-state index in [0.29, 0.717) is 17.1 Å². The van der Waals surface area contributed by atoms with Gasteiger partial charge in [0.15, 0.2) is 5.78 Å². The van der Waals surface area contributed by atoms with Crippen LogP contribution in [-0.2, 0) is 4.74 Å². The first-order valence-corrected chi connectivity index (χ1v) is 6.34. The third-order valence-corrected chi connectivity index (χ3v) is 3.01. The van der Waals surface area contributed by atoms with Crippen molar-refractivity contribution < 1.29 is 13.9 Å². The number of furan rings is 1. The fourth-order valence-corrected chi connectivity index (χ4v) is 2.09. The van der Waals surface area contributed by atoms with Crippen molar-refractivity contribution in [2.45, 2.75) is 20.0 Å². The minimum atomic E-state index is -0.404. The van der Waals surface area contributed by atoms with Gasteiger partial charge in [-0.1, -0.05) is 36.3 Å². The minimum Gasteiger partial charge on any atom is -0.462 e. The number of carbonyl (C=O) groups excluding carboxylic acids is 1. The maximum Gasteiger partial charge on any atom is 0.163 e. The van der Waals surface area contributed by atoms with Crippen LogP contribution in [0.25, 0.3) is 0 Å². The van der Waals surface area contributed by atoms with Crippen molar-refractivity contribution in [3.05, 3.63) is 59.0 Å². The third-order valence-electron chi connectivity index (χ3n) is 3.01. The molecule has 2 rings (SSSR count). The average Bonchev–Trinajstić information content (AvgIpc) is 2.82. The van der Waals surface area contributed by atoms with Crippen LogP contribution in [0.1, 0.15) is 40.5 Å². The van der Waals surface area contributed by atoms with Crippen molar-refractivity contribution in [2.75, 3.05) is 6.61 Å². The molecule has 0 radical (unpaired) electrons. The van der Waals surface area contributed by atoms with E-state index in [1.165, 1.54) is 6.92 Å². The number of ketones is 1. The summed E-state index contributed by atoms with van der Waals surface area (Å²) in [4.78, 5) is 11.5. The van der Waals surface area contributed by atoms with Crippen molar-refractivity contribution in [3.8, 4) is 12.3 Å². The molecule has 0 aliphatic carbocycles. The van der Waals surface area contributed by atoms with Gasteiger partial charge in [0.05, 0.1) is 5.56 Å². The molecule has 1 aromatic heterocycles. The van der Waals surface area contributed by atoms with Gasteiger partial charge in [0.2, 0.25) is 0 Å². The van der Waals surface area contributed by atoms with Gasteiger partial charge in [-0.3, -0.25) is 4.79 Å². The molecular weight excluding hydrogens is 252 g/mol. The first-order valence-electron chi connectivity index (χ1n) is 6.34. The molecule has 0 bridgehead atoms. The molecule has 1 aromatic carbocycles. The van der Waals surface area contributed by atoms with E-state index in [-0.39, 0.29) is 12.4 Å². The molecule has 3 heteroatoms. The Labute approximate surface area is 118 Å². The Morgan fingerprint density at radius 3 is 2.65 bits per heavy atom. The highest BCUT2D eigenvalue weighted by Crippen LogP contribution is 2.29. The van der Waals surface area contributed by atoms with E-state index in [0.717, 1.165) is 5.56 Å². The largest absolute Gasteiger partial charge is 0.462 e. The molecule has 102 valence electrons. The number of terminal acetylenes is 1. The second-order valence-corrected chi connectivity index (χ2v) is 4.48. The Balaban J connectivity index is 2.39. The fraction of sp³-hybridized carbons (Fsp3) is 0.235. The summed E-state index contributed by atoms with van der Waals surface area (Å²) in [6.45, 7) is 3.46. The maximum atomic E-state index is 11.5. The van der Waals surface area contributed by atoms with Crippen molar-refractivity contribution >= 4 is 5.78 Å². The van der Waals surface area contributed by atoms with Crippen molar-refractivity contribution in [2.24, 2.45) is 0 Å². The number of hydrogen-bond donors (Lipinski definition) is 0. The summed E-state index contributed by atoms with van der Waals surface area (Å²) < 4.78 is 11.3. The van der Waals surface area contributed by atoms with E-state index in [2.05, 4.69) is 5.92 Å². The highest BCUT2D eigenvalue weighted by Gasteiger charge is 2.21. The van der Waals surface area contributed by atoms with Crippen LogP contribution in [0.5, 0.6) is 0 Å². The summed E-state index contributed by atoms with van der Waals surface area (Å²) in [7, 11) is 0. The molecule has 0 fully saturated rings. The fourth-order valence-electron chi connectivity index (χ4n) is 2.09. The Kier molecular flexibility index (Phi) is 4.39. The smallest absolute Gasteiger partial charge is 0.163 e. The van der Waals surface area contributed by atoms with Gasteiger partial charge in [0.25, 0.3) is 0 Å². The summed E-state index contributed by atoms with van der Waals surface area (Å²) in [5, 5.41) is 0. The lowest BCUT2D eigenvalue weighted by molar-refractivity contribution is 0.0902. The molecule has 20 heavy (non-hydrogen) atoms. The van der Waals surface area contributed by atoms with E-state index in [1.54, 1.807) is 13.0 Å². The van der Waals surface area contributed by atoms with E-state index in [1.807, 2.05) is 30.3 Å². The van der Waals surface area contributed by atoms with Crippen molar-refractivity contribution in [1.29, 1.82) is 0 Å². The van der Waals surface area contributed by atoms with E-state index < -0.39 is 6.10 Å². The quantitative estimate of drug-likeness (QED) is 0.615. The topological polar surface area (TPSA) is 39.4 Å². The van der Waals surface area contributed by atoms with Gasteiger partial charge in [-0.15, -0.1) is 6.42 Å². The van der Waals surface area contributed by atoms with Gasteiger partial charge in [0.1, 0.15) is 24.2 Å². The molecule has 2 aromatic rings. The summed E-state index contributed by atoms with van der Waals surface area (Å²) in [5.74, 6) is 3.61. The predicted octanol–water partition coefficient (Wildman–Crippen LogP) is 3.53. The zero-order valence-electron chi connectivity index (χ0n) is 11.6. The normalized spacial score (nSPS) is 11.8. The number of Topliss-reactive ketones (excluding diaryl/α,β-unsaturated/α-hetero) is 1. The van der Waals surface area contributed by atoms with Crippen molar-refractivity contribution in [3.63, 3.8) is 0 Å². The average molecular weight is 268 g/mol. The zero-order valence-corrected chi connectivity index (χ0v) is 11.6. The lowest BCUT2D eigenvalue weighted by Gasteiger charge is -2.14. The Morgan fingerprint density at radius 1 is 1.40 bits per heavy atom. The Morgan fingerprint density at radius 2 is 2.10 bits per heavy atom. The molecule has 0 aliphatic heterocycles. The summed E-state index contributed by atoms with van der Waals surface area (Å²) in [6.07, 6.45) is 4.85.